The van der Waals surface area contributed by atoms with Crippen molar-refractivity contribution >= 4 is 0 Å². The van der Waals surface area contributed by atoms with Crippen LogP contribution < -0.4 is 5.73 Å². The Balaban J connectivity index is 2.11. The molecule has 1 rings (SSSR count). The van der Waals surface area contributed by atoms with Crippen molar-refractivity contribution in [3.63, 3.8) is 0 Å². The van der Waals surface area contributed by atoms with E-state index < -0.39 is 0 Å². The summed E-state index contributed by atoms with van der Waals surface area (Å²) in [4.78, 5) is 0. The summed E-state index contributed by atoms with van der Waals surface area (Å²) in [6.45, 7) is 3.39. The standard InChI is InChI=1S/C6H13NO2/c1-5(7)4-6-8-2-3-9-6/h5-6H,2-4,7H2,1H3. The van der Waals surface area contributed by atoms with Gasteiger partial charge in [-0.05, 0) is 6.92 Å². The van der Waals surface area contributed by atoms with Gasteiger partial charge in [-0.3, -0.25) is 0 Å². The van der Waals surface area contributed by atoms with E-state index in [4.69, 9.17) is 15.2 Å². The van der Waals surface area contributed by atoms with Crippen molar-refractivity contribution < 1.29 is 9.47 Å². The first-order chi connectivity index (χ1) is 4.29. The zero-order chi connectivity index (χ0) is 6.69. The lowest BCUT2D eigenvalue weighted by molar-refractivity contribution is -0.0495. The highest BCUT2D eigenvalue weighted by atomic mass is 16.7. The van der Waals surface area contributed by atoms with E-state index in [0.717, 1.165) is 19.6 Å². The third-order valence-electron chi connectivity index (χ3n) is 1.26. The van der Waals surface area contributed by atoms with E-state index in [9.17, 15) is 0 Å². The van der Waals surface area contributed by atoms with Gasteiger partial charge in [0.25, 0.3) is 0 Å². The van der Waals surface area contributed by atoms with E-state index >= 15 is 0 Å². The van der Waals surface area contributed by atoms with E-state index in [-0.39, 0.29) is 12.3 Å². The van der Waals surface area contributed by atoms with Gasteiger partial charge in [0.15, 0.2) is 6.29 Å². The molecule has 0 amide bonds. The molecule has 3 nitrogen and oxygen atoms in total. The van der Waals surface area contributed by atoms with Crippen molar-refractivity contribution in [3.05, 3.63) is 0 Å². The highest BCUT2D eigenvalue weighted by Crippen LogP contribution is 2.08. The topological polar surface area (TPSA) is 44.5 Å². The van der Waals surface area contributed by atoms with Crippen molar-refractivity contribution in [2.75, 3.05) is 13.2 Å². The lowest BCUT2D eigenvalue weighted by atomic mass is 10.2. The van der Waals surface area contributed by atoms with Crippen molar-refractivity contribution in [1.29, 1.82) is 0 Å². The van der Waals surface area contributed by atoms with Gasteiger partial charge in [0, 0.05) is 12.5 Å². The van der Waals surface area contributed by atoms with Crippen LogP contribution in [0.4, 0.5) is 0 Å². The van der Waals surface area contributed by atoms with Crippen LogP contribution in [-0.2, 0) is 9.47 Å². The third-order valence-corrected chi connectivity index (χ3v) is 1.26. The van der Waals surface area contributed by atoms with E-state index in [0.29, 0.717) is 0 Å². The minimum Gasteiger partial charge on any atom is -0.350 e. The van der Waals surface area contributed by atoms with Crippen LogP contribution in [0.3, 0.4) is 0 Å². The summed E-state index contributed by atoms with van der Waals surface area (Å²) in [5, 5.41) is 0. The summed E-state index contributed by atoms with van der Waals surface area (Å²) in [5.74, 6) is 0. The van der Waals surface area contributed by atoms with Gasteiger partial charge in [0.2, 0.25) is 0 Å². The zero-order valence-corrected chi connectivity index (χ0v) is 5.67. The van der Waals surface area contributed by atoms with Crippen LogP contribution in [0.1, 0.15) is 13.3 Å². The van der Waals surface area contributed by atoms with Crippen LogP contribution in [0.25, 0.3) is 0 Å². The maximum atomic E-state index is 5.51. The van der Waals surface area contributed by atoms with Gasteiger partial charge in [-0.15, -0.1) is 0 Å². The molecule has 3 heteroatoms. The second-order valence-electron chi connectivity index (χ2n) is 2.38. The molecule has 0 radical (unpaired) electrons. The first-order valence-corrected chi connectivity index (χ1v) is 3.28. The van der Waals surface area contributed by atoms with Crippen LogP contribution in [-0.4, -0.2) is 25.5 Å². The average molecular weight is 131 g/mol. The van der Waals surface area contributed by atoms with Crippen molar-refractivity contribution in [1.82, 2.24) is 0 Å². The lowest BCUT2D eigenvalue weighted by Gasteiger charge is -2.10. The summed E-state index contributed by atoms with van der Waals surface area (Å²) in [7, 11) is 0. The van der Waals surface area contributed by atoms with Crippen LogP contribution in [0.15, 0.2) is 0 Å². The van der Waals surface area contributed by atoms with E-state index in [2.05, 4.69) is 0 Å². The molecule has 1 aliphatic heterocycles. The predicted octanol–water partition coefficient (Wildman–Crippen LogP) is 0.0966. The van der Waals surface area contributed by atoms with Crippen LogP contribution in [0.5, 0.6) is 0 Å². The fraction of sp³-hybridized carbons (Fsp3) is 1.00. The van der Waals surface area contributed by atoms with Gasteiger partial charge in [-0.1, -0.05) is 0 Å². The summed E-state index contributed by atoms with van der Waals surface area (Å²) in [6, 6.07) is 0.174. The van der Waals surface area contributed by atoms with Gasteiger partial charge in [0.1, 0.15) is 0 Å². The lowest BCUT2D eigenvalue weighted by Crippen LogP contribution is -2.23. The molecular weight excluding hydrogens is 118 g/mol. The summed E-state index contributed by atoms with van der Waals surface area (Å²) < 4.78 is 10.3. The fourth-order valence-electron chi connectivity index (χ4n) is 0.847. The highest BCUT2D eigenvalue weighted by Gasteiger charge is 2.16. The molecule has 0 spiro atoms. The smallest absolute Gasteiger partial charge is 0.159 e. The van der Waals surface area contributed by atoms with E-state index in [1.54, 1.807) is 0 Å². The Kier molecular flexibility index (Phi) is 2.45. The minimum absolute atomic E-state index is 0.0370. The van der Waals surface area contributed by atoms with Crippen LogP contribution >= 0.6 is 0 Å². The quantitative estimate of drug-likeness (QED) is 0.578. The largest absolute Gasteiger partial charge is 0.350 e. The minimum atomic E-state index is -0.0370. The molecule has 0 aromatic rings. The van der Waals surface area contributed by atoms with Gasteiger partial charge in [-0.25, -0.2) is 0 Å². The molecule has 0 bridgehead atoms. The van der Waals surface area contributed by atoms with Crippen molar-refractivity contribution in [2.24, 2.45) is 5.73 Å². The molecule has 2 N–H and O–H groups in total. The summed E-state index contributed by atoms with van der Waals surface area (Å²) in [5.41, 5.74) is 5.51. The fourth-order valence-corrected chi connectivity index (χ4v) is 0.847. The molecular formula is C6H13NO2. The molecule has 0 aromatic heterocycles. The van der Waals surface area contributed by atoms with Gasteiger partial charge in [-0.2, -0.15) is 0 Å². The molecule has 9 heavy (non-hydrogen) atoms. The molecule has 54 valence electrons. The molecule has 1 unspecified atom stereocenters. The number of rotatable bonds is 2. The third kappa shape index (κ3) is 2.30. The summed E-state index contributed by atoms with van der Waals surface area (Å²) >= 11 is 0. The number of nitrogens with two attached hydrogens (primary N) is 1. The molecule has 1 aliphatic rings. The Morgan fingerprint density at radius 1 is 1.56 bits per heavy atom. The number of hydrogen-bond acceptors (Lipinski definition) is 3. The SMILES string of the molecule is CC(N)CC1OCCO1. The van der Waals surface area contributed by atoms with Crippen LogP contribution in [0, 0.1) is 0 Å². The zero-order valence-electron chi connectivity index (χ0n) is 5.67. The molecule has 1 fully saturated rings. The second-order valence-corrected chi connectivity index (χ2v) is 2.38. The Labute approximate surface area is 55.1 Å². The molecule has 0 aromatic carbocycles. The highest BCUT2D eigenvalue weighted by molar-refractivity contribution is 4.59. The molecule has 0 saturated carbocycles. The Bertz CT molecular complexity index is 79.1. The number of ether oxygens (including phenoxy) is 2. The van der Waals surface area contributed by atoms with Crippen molar-refractivity contribution in [2.45, 2.75) is 25.7 Å². The Morgan fingerprint density at radius 2 is 2.11 bits per heavy atom. The van der Waals surface area contributed by atoms with Gasteiger partial charge < -0.3 is 15.2 Å². The number of hydrogen-bond donors (Lipinski definition) is 1. The normalized spacial score (nSPS) is 24.7. The molecule has 0 aliphatic carbocycles. The first kappa shape index (κ1) is 6.99. The summed E-state index contributed by atoms with van der Waals surface area (Å²) in [6.07, 6.45) is 0.769. The molecule has 1 atom stereocenters. The Morgan fingerprint density at radius 3 is 2.56 bits per heavy atom. The van der Waals surface area contributed by atoms with E-state index in [1.165, 1.54) is 0 Å². The monoisotopic (exact) mass is 131 g/mol. The van der Waals surface area contributed by atoms with Gasteiger partial charge >= 0.3 is 0 Å². The Hall–Kier alpha value is -0.120. The first-order valence-electron chi connectivity index (χ1n) is 3.28. The predicted molar refractivity (Wildman–Crippen MR) is 34.0 cm³/mol. The second kappa shape index (κ2) is 3.15. The average Bonchev–Trinajstić information content (AvgIpc) is 2.15. The van der Waals surface area contributed by atoms with E-state index in [1.807, 2.05) is 6.92 Å². The maximum absolute atomic E-state index is 5.51. The maximum Gasteiger partial charge on any atom is 0.159 e. The van der Waals surface area contributed by atoms with Gasteiger partial charge in [0.05, 0.1) is 13.2 Å². The van der Waals surface area contributed by atoms with Crippen LogP contribution in [0.2, 0.25) is 0 Å². The molecule has 1 saturated heterocycles. The molecule has 1 heterocycles. The van der Waals surface area contributed by atoms with Crippen molar-refractivity contribution in [3.8, 4) is 0 Å².